The Morgan fingerprint density at radius 3 is 2.55 bits per heavy atom. The average molecular weight is 288 g/mol. The van der Waals surface area contributed by atoms with E-state index in [1.165, 1.54) is 0 Å². The van der Waals surface area contributed by atoms with Crippen molar-refractivity contribution in [3.05, 3.63) is 35.1 Å². The number of carbonyl (C=O) groups excluding carboxylic acids is 1. The minimum atomic E-state index is -1.35. The third kappa shape index (κ3) is 2.84. The monoisotopic (exact) mass is 288 g/mol. The largest absolute Gasteiger partial charge is 0.465 e. The second-order valence-corrected chi connectivity index (χ2v) is 4.46. The molecule has 8 heteroatoms. The van der Waals surface area contributed by atoms with E-state index in [9.17, 15) is 22.8 Å². The number of nitrogens with one attached hydrogen (secondary N) is 2. The van der Waals surface area contributed by atoms with Gasteiger partial charge in [-0.2, -0.15) is 0 Å². The summed E-state index contributed by atoms with van der Waals surface area (Å²) in [6.45, 7) is -0.0474. The normalized spacial score (nSPS) is 22.2. The minimum Gasteiger partial charge on any atom is -0.465 e. The van der Waals surface area contributed by atoms with Crippen molar-refractivity contribution in [1.82, 2.24) is 10.6 Å². The van der Waals surface area contributed by atoms with Gasteiger partial charge in [0.15, 0.2) is 11.6 Å². The van der Waals surface area contributed by atoms with E-state index in [0.717, 1.165) is 0 Å². The molecule has 1 aliphatic heterocycles. The van der Waals surface area contributed by atoms with E-state index in [0.29, 0.717) is 12.1 Å². The third-order valence-electron chi connectivity index (χ3n) is 3.16. The van der Waals surface area contributed by atoms with Crippen LogP contribution in [0.5, 0.6) is 0 Å². The van der Waals surface area contributed by atoms with Crippen molar-refractivity contribution >= 4 is 12.0 Å². The molecule has 0 saturated carbocycles. The summed E-state index contributed by atoms with van der Waals surface area (Å²) >= 11 is 0. The lowest BCUT2D eigenvalue weighted by atomic mass is 9.85. The smallest absolute Gasteiger partial charge is 0.404 e. The molecule has 0 aromatic heterocycles. The number of rotatable bonds is 2. The van der Waals surface area contributed by atoms with Crippen molar-refractivity contribution in [2.45, 2.75) is 18.4 Å². The number of halogens is 3. The maximum Gasteiger partial charge on any atom is 0.404 e. The SMILES string of the molecule is O=C(O)N[C@H]1CNC(=O)C[C@@H]1c1cc(F)c(F)cc1F. The molecule has 0 bridgehead atoms. The summed E-state index contributed by atoms with van der Waals surface area (Å²) in [5.41, 5.74) is -0.225. The van der Waals surface area contributed by atoms with Crippen LogP contribution < -0.4 is 10.6 Å². The Labute approximate surface area is 111 Å². The Morgan fingerprint density at radius 2 is 1.90 bits per heavy atom. The van der Waals surface area contributed by atoms with E-state index in [1.807, 2.05) is 0 Å². The Morgan fingerprint density at radius 1 is 1.25 bits per heavy atom. The van der Waals surface area contributed by atoms with Gasteiger partial charge in [-0.25, -0.2) is 18.0 Å². The van der Waals surface area contributed by atoms with Crippen LogP contribution >= 0.6 is 0 Å². The molecule has 1 saturated heterocycles. The zero-order chi connectivity index (χ0) is 14.9. The van der Waals surface area contributed by atoms with Crippen LogP contribution in [-0.2, 0) is 4.79 Å². The first kappa shape index (κ1) is 14.2. The van der Waals surface area contributed by atoms with Gasteiger partial charge in [-0.05, 0) is 11.6 Å². The Bertz CT molecular complexity index is 565. The molecule has 1 aliphatic rings. The summed E-state index contributed by atoms with van der Waals surface area (Å²) in [4.78, 5) is 22.0. The lowest BCUT2D eigenvalue weighted by molar-refractivity contribution is -0.123. The van der Waals surface area contributed by atoms with E-state index in [1.54, 1.807) is 0 Å². The molecule has 5 nitrogen and oxygen atoms in total. The van der Waals surface area contributed by atoms with Crippen LogP contribution in [0.2, 0.25) is 0 Å². The minimum absolute atomic E-state index is 0.0474. The summed E-state index contributed by atoms with van der Waals surface area (Å²) in [5, 5.41) is 13.3. The molecule has 0 unspecified atom stereocenters. The fourth-order valence-electron chi connectivity index (χ4n) is 2.24. The van der Waals surface area contributed by atoms with E-state index in [-0.39, 0.29) is 18.5 Å². The molecule has 0 radical (unpaired) electrons. The van der Waals surface area contributed by atoms with Gasteiger partial charge in [-0.3, -0.25) is 4.79 Å². The Hall–Kier alpha value is -2.25. The van der Waals surface area contributed by atoms with Crippen LogP contribution in [0.25, 0.3) is 0 Å². The highest BCUT2D eigenvalue weighted by Gasteiger charge is 2.33. The standard InChI is InChI=1S/C12H11F3N2O3/c13-7-3-9(15)8(14)1-5(7)6-2-11(18)16-4-10(6)17-12(19)20/h1,3,6,10,17H,2,4H2,(H,16,18)(H,19,20)/t6-,10+/m1/s1. The molecular formula is C12H11F3N2O3. The highest BCUT2D eigenvalue weighted by atomic mass is 19.2. The van der Waals surface area contributed by atoms with Gasteiger partial charge in [0.1, 0.15) is 5.82 Å². The molecule has 2 rings (SSSR count). The molecule has 2 atom stereocenters. The van der Waals surface area contributed by atoms with Gasteiger partial charge < -0.3 is 15.7 Å². The maximum absolute atomic E-state index is 13.7. The predicted octanol–water partition coefficient (Wildman–Crippen LogP) is 1.34. The summed E-state index contributed by atoms with van der Waals surface area (Å²) in [6.07, 6.45) is -1.56. The van der Waals surface area contributed by atoms with Crippen molar-refractivity contribution in [1.29, 1.82) is 0 Å². The van der Waals surface area contributed by atoms with Gasteiger partial charge in [0.2, 0.25) is 5.91 Å². The maximum atomic E-state index is 13.7. The predicted molar refractivity (Wildman–Crippen MR) is 61.6 cm³/mol. The topological polar surface area (TPSA) is 78.4 Å². The zero-order valence-electron chi connectivity index (χ0n) is 10.1. The van der Waals surface area contributed by atoms with Crippen molar-refractivity contribution in [2.24, 2.45) is 0 Å². The second kappa shape index (κ2) is 5.40. The van der Waals surface area contributed by atoms with Crippen LogP contribution in [0.15, 0.2) is 12.1 Å². The number of carbonyl (C=O) groups is 2. The highest BCUT2D eigenvalue weighted by Crippen LogP contribution is 2.29. The van der Waals surface area contributed by atoms with Gasteiger partial charge in [-0.1, -0.05) is 0 Å². The molecule has 1 heterocycles. The van der Waals surface area contributed by atoms with E-state index < -0.39 is 41.4 Å². The summed E-state index contributed by atoms with van der Waals surface area (Å²) in [6, 6.07) is 0.226. The van der Waals surface area contributed by atoms with Crippen LogP contribution in [0.4, 0.5) is 18.0 Å². The van der Waals surface area contributed by atoms with Gasteiger partial charge >= 0.3 is 6.09 Å². The molecule has 20 heavy (non-hydrogen) atoms. The number of piperidine rings is 1. The van der Waals surface area contributed by atoms with Gasteiger partial charge in [0.05, 0.1) is 6.04 Å². The van der Waals surface area contributed by atoms with Crippen LogP contribution in [0, 0.1) is 17.5 Å². The average Bonchev–Trinajstić information content (AvgIpc) is 2.35. The van der Waals surface area contributed by atoms with Crippen molar-refractivity contribution in [2.75, 3.05) is 6.54 Å². The molecule has 1 aromatic carbocycles. The second-order valence-electron chi connectivity index (χ2n) is 4.46. The molecular weight excluding hydrogens is 277 g/mol. The number of carboxylic acid groups (broad SMARTS) is 1. The first-order chi connectivity index (χ1) is 9.38. The zero-order valence-corrected chi connectivity index (χ0v) is 10.1. The van der Waals surface area contributed by atoms with Gasteiger partial charge in [0.25, 0.3) is 0 Å². The first-order valence-electron chi connectivity index (χ1n) is 5.79. The number of benzene rings is 1. The third-order valence-corrected chi connectivity index (χ3v) is 3.16. The van der Waals surface area contributed by atoms with E-state index >= 15 is 0 Å². The molecule has 1 fully saturated rings. The Kier molecular flexibility index (Phi) is 3.82. The van der Waals surface area contributed by atoms with Crippen LogP contribution in [0.3, 0.4) is 0 Å². The molecule has 0 spiro atoms. The van der Waals surface area contributed by atoms with E-state index in [4.69, 9.17) is 5.11 Å². The number of hydrogen-bond donors (Lipinski definition) is 3. The molecule has 108 valence electrons. The summed E-state index contributed by atoms with van der Waals surface area (Å²) in [7, 11) is 0. The van der Waals surface area contributed by atoms with Crippen molar-refractivity contribution in [3.63, 3.8) is 0 Å². The summed E-state index contributed by atoms with van der Waals surface area (Å²) in [5.74, 6) is -4.91. The Balaban J connectivity index is 2.37. The lowest BCUT2D eigenvalue weighted by Crippen LogP contribution is -2.51. The number of hydrogen-bond acceptors (Lipinski definition) is 2. The first-order valence-corrected chi connectivity index (χ1v) is 5.79. The molecule has 0 aliphatic carbocycles. The van der Waals surface area contributed by atoms with Gasteiger partial charge in [0, 0.05) is 24.9 Å². The van der Waals surface area contributed by atoms with Crippen LogP contribution in [0.1, 0.15) is 17.9 Å². The molecule has 1 aromatic rings. The lowest BCUT2D eigenvalue weighted by Gasteiger charge is -2.31. The fraction of sp³-hybridized carbons (Fsp3) is 0.333. The highest BCUT2D eigenvalue weighted by molar-refractivity contribution is 5.78. The van der Waals surface area contributed by atoms with Crippen molar-refractivity contribution in [3.8, 4) is 0 Å². The molecule has 2 amide bonds. The number of amides is 2. The van der Waals surface area contributed by atoms with E-state index in [2.05, 4.69) is 10.6 Å². The van der Waals surface area contributed by atoms with Gasteiger partial charge in [-0.15, -0.1) is 0 Å². The van der Waals surface area contributed by atoms with Crippen molar-refractivity contribution < 1.29 is 27.9 Å². The van der Waals surface area contributed by atoms with Crippen LogP contribution in [-0.4, -0.2) is 29.7 Å². The fourth-order valence-corrected chi connectivity index (χ4v) is 2.24. The quantitative estimate of drug-likeness (QED) is 0.719. The molecule has 3 N–H and O–H groups in total. The summed E-state index contributed by atoms with van der Waals surface area (Å²) < 4.78 is 39.9.